The highest BCUT2D eigenvalue weighted by molar-refractivity contribution is 7.89. The van der Waals surface area contributed by atoms with Crippen LogP contribution in [0.25, 0.3) is 0 Å². The quantitative estimate of drug-likeness (QED) is 0.353. The first kappa shape index (κ1) is 23.0. The molecule has 0 amide bonds. The molecule has 0 unspecified atom stereocenters. The van der Waals surface area contributed by atoms with Gasteiger partial charge in [-0.3, -0.25) is 4.79 Å². The van der Waals surface area contributed by atoms with E-state index in [1.165, 1.54) is 28.6 Å². The molecule has 0 saturated carbocycles. The Balaban J connectivity index is 1.70. The van der Waals surface area contributed by atoms with Gasteiger partial charge in [0.25, 0.3) is 0 Å². The van der Waals surface area contributed by atoms with Crippen LogP contribution in [-0.2, 0) is 21.3 Å². The molecule has 31 heavy (non-hydrogen) atoms. The van der Waals surface area contributed by atoms with Crippen LogP contribution >= 0.6 is 0 Å². The van der Waals surface area contributed by atoms with Crippen LogP contribution in [0.3, 0.4) is 0 Å². The molecule has 1 aliphatic rings. The van der Waals surface area contributed by atoms with E-state index in [9.17, 15) is 18.0 Å². The van der Waals surface area contributed by atoms with E-state index in [4.69, 9.17) is 4.74 Å². The molecule has 3 rings (SSSR count). The molecule has 8 heteroatoms. The number of ketones is 1. The van der Waals surface area contributed by atoms with Crippen LogP contribution in [0.4, 0.5) is 0 Å². The maximum atomic E-state index is 12.8. The zero-order valence-corrected chi connectivity index (χ0v) is 18.8. The maximum Gasteiger partial charge on any atom is 0.338 e. The Kier molecular flexibility index (Phi) is 7.12. The Hall–Kier alpha value is -2.71. The van der Waals surface area contributed by atoms with Crippen molar-refractivity contribution in [1.29, 1.82) is 0 Å². The van der Waals surface area contributed by atoms with Gasteiger partial charge in [-0.15, -0.1) is 6.58 Å². The largest absolute Gasteiger partial charge is 0.454 e. The Bertz CT molecular complexity index is 1100. The topological polar surface area (TPSA) is 85.7 Å². The Morgan fingerprint density at radius 2 is 1.84 bits per heavy atom. The van der Waals surface area contributed by atoms with Gasteiger partial charge >= 0.3 is 5.97 Å². The fraction of sp³-hybridized carbons (Fsp3) is 0.391. The van der Waals surface area contributed by atoms with Crippen molar-refractivity contribution in [3.05, 3.63) is 65.5 Å². The molecule has 0 aliphatic carbocycles. The Morgan fingerprint density at radius 3 is 2.52 bits per heavy atom. The molecule has 1 fully saturated rings. The van der Waals surface area contributed by atoms with E-state index < -0.39 is 22.6 Å². The molecule has 1 aliphatic heterocycles. The number of aryl methyl sites for hydroxylation is 1. The number of carbonyl (C=O) groups excluding carboxylic acids is 2. The van der Waals surface area contributed by atoms with Crippen LogP contribution in [0.2, 0.25) is 0 Å². The molecule has 0 atom stereocenters. The van der Waals surface area contributed by atoms with E-state index in [1.54, 1.807) is 12.1 Å². The summed E-state index contributed by atoms with van der Waals surface area (Å²) in [5.41, 5.74) is 2.30. The lowest BCUT2D eigenvalue weighted by atomic mass is 10.1. The number of benzene rings is 1. The highest BCUT2D eigenvalue weighted by atomic mass is 32.2. The number of ether oxygens (including phenoxy) is 1. The third-order valence-electron chi connectivity index (χ3n) is 5.54. The van der Waals surface area contributed by atoms with Crippen molar-refractivity contribution in [2.75, 3.05) is 19.7 Å². The SMILES string of the molecule is C=CCn1c(C)cc(C(=O)COC(=O)c2cccc(S(=O)(=O)N3CCCCC3)c2)c1C. The molecule has 1 aromatic heterocycles. The first-order valence-electron chi connectivity index (χ1n) is 10.3. The molecule has 0 bridgehead atoms. The lowest BCUT2D eigenvalue weighted by Gasteiger charge is -2.25. The number of hydrogen-bond donors (Lipinski definition) is 0. The van der Waals surface area contributed by atoms with E-state index >= 15 is 0 Å². The number of piperidine rings is 1. The third-order valence-corrected chi connectivity index (χ3v) is 7.44. The molecule has 7 nitrogen and oxygen atoms in total. The van der Waals surface area contributed by atoms with Crippen LogP contribution in [0.5, 0.6) is 0 Å². The molecule has 166 valence electrons. The Labute approximate surface area is 183 Å². The highest BCUT2D eigenvalue weighted by Crippen LogP contribution is 2.22. The summed E-state index contributed by atoms with van der Waals surface area (Å²) >= 11 is 0. The number of esters is 1. The van der Waals surface area contributed by atoms with E-state index in [1.807, 2.05) is 18.4 Å². The average molecular weight is 445 g/mol. The van der Waals surface area contributed by atoms with Crippen molar-refractivity contribution in [2.24, 2.45) is 0 Å². The van der Waals surface area contributed by atoms with Crippen LogP contribution < -0.4 is 0 Å². The summed E-state index contributed by atoms with van der Waals surface area (Å²) in [6.07, 6.45) is 4.43. The van der Waals surface area contributed by atoms with Crippen molar-refractivity contribution in [3.63, 3.8) is 0 Å². The van der Waals surface area contributed by atoms with Crippen molar-refractivity contribution < 1.29 is 22.7 Å². The first-order chi connectivity index (χ1) is 14.8. The molecule has 0 spiro atoms. The van der Waals surface area contributed by atoms with Crippen LogP contribution in [0.1, 0.15) is 51.4 Å². The summed E-state index contributed by atoms with van der Waals surface area (Å²) in [5.74, 6) is -1.04. The van der Waals surface area contributed by atoms with E-state index in [-0.39, 0.29) is 16.2 Å². The molecular formula is C23H28N2O5S. The van der Waals surface area contributed by atoms with E-state index in [0.717, 1.165) is 30.7 Å². The normalized spacial score (nSPS) is 14.9. The van der Waals surface area contributed by atoms with Gasteiger partial charge in [-0.2, -0.15) is 4.31 Å². The summed E-state index contributed by atoms with van der Waals surface area (Å²) in [5, 5.41) is 0. The average Bonchev–Trinajstić information content (AvgIpc) is 3.06. The minimum absolute atomic E-state index is 0.0585. The predicted molar refractivity (Wildman–Crippen MR) is 118 cm³/mol. The second kappa shape index (κ2) is 9.62. The fourth-order valence-corrected chi connectivity index (χ4v) is 5.39. The number of nitrogens with zero attached hydrogens (tertiary/aromatic N) is 2. The fourth-order valence-electron chi connectivity index (χ4n) is 3.82. The minimum atomic E-state index is -3.66. The lowest BCUT2D eigenvalue weighted by Crippen LogP contribution is -2.35. The summed E-state index contributed by atoms with van der Waals surface area (Å²) in [7, 11) is -3.66. The summed E-state index contributed by atoms with van der Waals surface area (Å²) in [6.45, 7) is 8.58. The molecular weight excluding hydrogens is 416 g/mol. The number of sulfonamides is 1. The van der Waals surface area contributed by atoms with Crippen molar-refractivity contribution >= 4 is 21.8 Å². The standard InChI is InChI=1S/C23H28N2O5S/c1-4-11-25-17(2)14-21(18(25)3)22(26)16-30-23(27)19-9-8-10-20(15-19)31(28,29)24-12-6-5-7-13-24/h4,8-10,14-15H,1,5-7,11-13,16H2,2-3H3. The molecule has 2 aromatic rings. The lowest BCUT2D eigenvalue weighted by molar-refractivity contribution is 0.0474. The van der Waals surface area contributed by atoms with Crippen LogP contribution in [0, 0.1) is 13.8 Å². The molecule has 1 saturated heterocycles. The van der Waals surface area contributed by atoms with Crippen LogP contribution in [0.15, 0.2) is 47.9 Å². The monoisotopic (exact) mass is 444 g/mol. The predicted octanol–water partition coefficient (Wildman–Crippen LogP) is 3.51. The van der Waals surface area contributed by atoms with Crippen molar-refractivity contribution in [1.82, 2.24) is 8.87 Å². The number of Topliss-reactive ketones (excluding diaryl/α,β-unsaturated/α-hetero) is 1. The number of allylic oxidation sites excluding steroid dienone is 1. The third kappa shape index (κ3) is 4.97. The Morgan fingerprint density at radius 1 is 1.13 bits per heavy atom. The van der Waals surface area contributed by atoms with E-state index in [0.29, 0.717) is 25.2 Å². The van der Waals surface area contributed by atoms with Gasteiger partial charge < -0.3 is 9.30 Å². The smallest absolute Gasteiger partial charge is 0.338 e. The minimum Gasteiger partial charge on any atom is -0.454 e. The van der Waals surface area contributed by atoms with Crippen molar-refractivity contribution in [2.45, 2.75) is 44.6 Å². The van der Waals surface area contributed by atoms with Crippen LogP contribution in [-0.4, -0.2) is 48.7 Å². The van der Waals surface area contributed by atoms with Gasteiger partial charge in [-0.05, 0) is 51.0 Å². The maximum absolute atomic E-state index is 12.8. The van der Waals surface area contributed by atoms with Gasteiger partial charge in [0.05, 0.1) is 10.5 Å². The zero-order chi connectivity index (χ0) is 22.6. The number of carbonyl (C=O) groups is 2. The molecule has 0 radical (unpaired) electrons. The first-order valence-corrected chi connectivity index (χ1v) is 11.8. The van der Waals surface area contributed by atoms with Gasteiger partial charge in [0.1, 0.15) is 0 Å². The summed E-state index contributed by atoms with van der Waals surface area (Å²) < 4.78 is 34.3. The summed E-state index contributed by atoms with van der Waals surface area (Å²) in [4.78, 5) is 25.1. The van der Waals surface area contributed by atoms with Gasteiger partial charge in [-0.1, -0.05) is 18.6 Å². The van der Waals surface area contributed by atoms with Gasteiger partial charge in [0.2, 0.25) is 15.8 Å². The van der Waals surface area contributed by atoms with Gasteiger partial charge in [-0.25, -0.2) is 13.2 Å². The second-order valence-corrected chi connectivity index (χ2v) is 9.61. The number of hydrogen-bond acceptors (Lipinski definition) is 5. The van der Waals surface area contributed by atoms with Gasteiger partial charge in [0, 0.05) is 36.6 Å². The molecule has 1 aromatic carbocycles. The van der Waals surface area contributed by atoms with Crippen molar-refractivity contribution in [3.8, 4) is 0 Å². The zero-order valence-electron chi connectivity index (χ0n) is 18.0. The molecule has 2 heterocycles. The molecule has 0 N–H and O–H groups in total. The highest BCUT2D eigenvalue weighted by Gasteiger charge is 2.27. The number of aromatic nitrogens is 1. The van der Waals surface area contributed by atoms with E-state index in [2.05, 4.69) is 6.58 Å². The van der Waals surface area contributed by atoms with Gasteiger partial charge in [0.15, 0.2) is 6.61 Å². The summed E-state index contributed by atoms with van der Waals surface area (Å²) in [6, 6.07) is 7.55. The number of rotatable bonds is 8. The second-order valence-electron chi connectivity index (χ2n) is 7.68.